The molecule has 0 saturated carbocycles. The molecular formula is C20H20Cl2N2O4. The Bertz CT molecular complexity index is 856. The maximum atomic E-state index is 12.3. The maximum Gasteiger partial charge on any atom is 0.309 e. The van der Waals surface area contributed by atoms with Crippen molar-refractivity contribution in [2.24, 2.45) is 0 Å². The summed E-state index contributed by atoms with van der Waals surface area (Å²) in [6.07, 6.45) is -1.15. The number of amides is 2. The number of ether oxygens (including phenoxy) is 1. The van der Waals surface area contributed by atoms with E-state index in [0.717, 1.165) is 0 Å². The average Bonchev–Trinajstić information content (AvgIpc) is 2.61. The number of hydrogen-bond acceptors (Lipinski definition) is 4. The lowest BCUT2D eigenvalue weighted by molar-refractivity contribution is -0.153. The maximum absolute atomic E-state index is 12.3. The first-order valence-corrected chi connectivity index (χ1v) is 9.28. The van der Waals surface area contributed by atoms with Crippen LogP contribution in [0.15, 0.2) is 48.5 Å². The highest BCUT2D eigenvalue weighted by atomic mass is 35.5. The molecule has 0 radical (unpaired) electrons. The summed E-state index contributed by atoms with van der Waals surface area (Å²) in [6.45, 7) is 2.82. The van der Waals surface area contributed by atoms with Crippen molar-refractivity contribution in [3.63, 3.8) is 0 Å². The molecule has 2 amide bonds. The van der Waals surface area contributed by atoms with Gasteiger partial charge in [0, 0.05) is 22.7 Å². The van der Waals surface area contributed by atoms with Crippen molar-refractivity contribution in [2.45, 2.75) is 32.4 Å². The molecule has 0 aliphatic carbocycles. The fourth-order valence-electron chi connectivity index (χ4n) is 2.47. The summed E-state index contributed by atoms with van der Waals surface area (Å²) in [5.41, 5.74) is 1.20. The first-order chi connectivity index (χ1) is 13.2. The summed E-state index contributed by atoms with van der Waals surface area (Å²) in [5, 5.41) is 6.34. The topological polar surface area (TPSA) is 84.5 Å². The second-order valence-electron chi connectivity index (χ2n) is 6.14. The van der Waals surface area contributed by atoms with Crippen LogP contribution in [0, 0.1) is 0 Å². The highest BCUT2D eigenvalue weighted by Crippen LogP contribution is 2.21. The molecule has 0 aliphatic rings. The Labute approximate surface area is 173 Å². The fraction of sp³-hybridized carbons (Fsp3) is 0.250. The van der Waals surface area contributed by atoms with Crippen molar-refractivity contribution in [2.75, 3.05) is 5.32 Å². The number of benzene rings is 2. The van der Waals surface area contributed by atoms with E-state index in [2.05, 4.69) is 10.6 Å². The van der Waals surface area contributed by atoms with Gasteiger partial charge in [-0.3, -0.25) is 14.4 Å². The Hall–Kier alpha value is -2.57. The zero-order valence-corrected chi connectivity index (χ0v) is 16.9. The van der Waals surface area contributed by atoms with Gasteiger partial charge in [-0.2, -0.15) is 0 Å². The first-order valence-electron chi connectivity index (χ1n) is 8.53. The lowest BCUT2D eigenvalue weighted by Crippen LogP contribution is -2.33. The molecule has 0 bridgehead atoms. The van der Waals surface area contributed by atoms with Gasteiger partial charge in [0.05, 0.1) is 12.5 Å². The molecule has 148 valence electrons. The largest absolute Gasteiger partial charge is 0.452 e. The summed E-state index contributed by atoms with van der Waals surface area (Å²) in [6, 6.07) is 12.8. The number of carbonyl (C=O) groups is 3. The molecule has 2 rings (SSSR count). The number of anilines is 1. The highest BCUT2D eigenvalue weighted by molar-refractivity contribution is 6.31. The van der Waals surface area contributed by atoms with E-state index >= 15 is 0 Å². The number of carbonyl (C=O) groups excluding carboxylic acids is 3. The highest BCUT2D eigenvalue weighted by Gasteiger charge is 2.22. The third kappa shape index (κ3) is 6.87. The van der Waals surface area contributed by atoms with Crippen LogP contribution in [0.3, 0.4) is 0 Å². The Morgan fingerprint density at radius 1 is 1.04 bits per heavy atom. The second-order valence-corrected chi connectivity index (χ2v) is 7.01. The SMILES string of the molecule is CC(=O)NC(CC(=O)OC(C)C(=O)Nc1cccc(Cl)c1)c1ccc(Cl)cc1. The quantitative estimate of drug-likeness (QED) is 0.656. The normalized spacial score (nSPS) is 12.6. The van der Waals surface area contributed by atoms with Crippen molar-refractivity contribution < 1.29 is 19.1 Å². The van der Waals surface area contributed by atoms with Crippen LogP contribution in [0.1, 0.15) is 31.9 Å². The Morgan fingerprint density at radius 2 is 1.71 bits per heavy atom. The minimum atomic E-state index is -1.02. The summed E-state index contributed by atoms with van der Waals surface area (Å²) in [5.74, 6) is -1.40. The summed E-state index contributed by atoms with van der Waals surface area (Å²) >= 11 is 11.8. The minimum absolute atomic E-state index is 0.129. The lowest BCUT2D eigenvalue weighted by Gasteiger charge is -2.19. The van der Waals surface area contributed by atoms with E-state index in [0.29, 0.717) is 21.3 Å². The van der Waals surface area contributed by atoms with Crippen LogP contribution in [-0.4, -0.2) is 23.9 Å². The molecule has 0 saturated heterocycles. The molecule has 8 heteroatoms. The number of halogens is 2. The molecule has 2 unspecified atom stereocenters. The molecule has 2 aromatic carbocycles. The van der Waals surface area contributed by atoms with E-state index in [1.165, 1.54) is 13.8 Å². The van der Waals surface area contributed by atoms with Crippen molar-refractivity contribution in [3.8, 4) is 0 Å². The van der Waals surface area contributed by atoms with Gasteiger partial charge in [-0.25, -0.2) is 0 Å². The van der Waals surface area contributed by atoms with Crippen LogP contribution in [0.5, 0.6) is 0 Å². The standard InChI is InChI=1S/C20H20Cl2N2O4/c1-12(20(27)24-17-5-3-4-16(22)10-17)28-19(26)11-18(23-13(2)25)14-6-8-15(21)9-7-14/h3-10,12,18H,11H2,1-2H3,(H,23,25)(H,24,27). The minimum Gasteiger partial charge on any atom is -0.452 e. The van der Waals surface area contributed by atoms with Crippen LogP contribution in [0.2, 0.25) is 10.0 Å². The number of hydrogen-bond donors (Lipinski definition) is 2. The predicted molar refractivity (Wildman–Crippen MR) is 108 cm³/mol. The third-order valence-electron chi connectivity index (χ3n) is 3.79. The predicted octanol–water partition coefficient (Wildman–Crippen LogP) is 4.13. The molecule has 0 spiro atoms. The van der Waals surface area contributed by atoms with Gasteiger partial charge >= 0.3 is 5.97 Å². The summed E-state index contributed by atoms with van der Waals surface area (Å²) in [4.78, 5) is 36.0. The van der Waals surface area contributed by atoms with Crippen molar-refractivity contribution in [1.29, 1.82) is 0 Å². The molecule has 6 nitrogen and oxygen atoms in total. The van der Waals surface area contributed by atoms with E-state index in [1.54, 1.807) is 48.5 Å². The van der Waals surface area contributed by atoms with Gasteiger partial charge in [0.2, 0.25) is 5.91 Å². The van der Waals surface area contributed by atoms with E-state index in [-0.39, 0.29) is 12.3 Å². The van der Waals surface area contributed by atoms with Crippen LogP contribution in [-0.2, 0) is 19.1 Å². The Balaban J connectivity index is 1.97. The summed E-state index contributed by atoms with van der Waals surface area (Å²) < 4.78 is 5.21. The molecule has 2 aromatic rings. The molecular weight excluding hydrogens is 403 g/mol. The van der Waals surface area contributed by atoms with Crippen molar-refractivity contribution in [1.82, 2.24) is 5.32 Å². The van der Waals surface area contributed by atoms with Gasteiger partial charge in [-0.15, -0.1) is 0 Å². The lowest BCUT2D eigenvalue weighted by atomic mass is 10.0. The van der Waals surface area contributed by atoms with Crippen molar-refractivity contribution in [3.05, 3.63) is 64.1 Å². The molecule has 0 fully saturated rings. The number of nitrogens with one attached hydrogen (secondary N) is 2. The van der Waals surface area contributed by atoms with Gasteiger partial charge in [-0.05, 0) is 42.8 Å². The van der Waals surface area contributed by atoms with Crippen molar-refractivity contribution >= 4 is 46.7 Å². The van der Waals surface area contributed by atoms with Gasteiger partial charge in [0.1, 0.15) is 0 Å². The number of rotatable bonds is 7. The van der Waals surface area contributed by atoms with Crippen LogP contribution >= 0.6 is 23.2 Å². The molecule has 0 aliphatic heterocycles. The van der Waals surface area contributed by atoms with E-state index in [9.17, 15) is 14.4 Å². The van der Waals surface area contributed by atoms with Gasteiger partial charge in [0.15, 0.2) is 6.10 Å². The van der Waals surface area contributed by atoms with E-state index in [4.69, 9.17) is 27.9 Å². The smallest absolute Gasteiger partial charge is 0.309 e. The molecule has 0 aromatic heterocycles. The molecule has 28 heavy (non-hydrogen) atoms. The van der Waals surface area contributed by atoms with Gasteiger partial charge in [-0.1, -0.05) is 41.4 Å². The second kappa shape index (κ2) is 10.1. The Kier molecular flexibility index (Phi) is 7.84. The fourth-order valence-corrected chi connectivity index (χ4v) is 2.78. The van der Waals surface area contributed by atoms with E-state index in [1.807, 2.05) is 0 Å². The summed E-state index contributed by atoms with van der Waals surface area (Å²) in [7, 11) is 0. The Morgan fingerprint density at radius 3 is 2.32 bits per heavy atom. The first kappa shape index (κ1) is 21.7. The van der Waals surface area contributed by atoms with Crippen LogP contribution in [0.4, 0.5) is 5.69 Å². The van der Waals surface area contributed by atoms with Gasteiger partial charge < -0.3 is 15.4 Å². The zero-order chi connectivity index (χ0) is 20.7. The molecule has 2 atom stereocenters. The molecule has 2 N–H and O–H groups in total. The van der Waals surface area contributed by atoms with Gasteiger partial charge in [0.25, 0.3) is 5.91 Å². The zero-order valence-electron chi connectivity index (χ0n) is 15.4. The average molecular weight is 423 g/mol. The third-order valence-corrected chi connectivity index (χ3v) is 4.28. The molecule has 0 heterocycles. The number of esters is 1. The van der Waals surface area contributed by atoms with Crippen LogP contribution < -0.4 is 10.6 Å². The van der Waals surface area contributed by atoms with Crippen LogP contribution in [0.25, 0.3) is 0 Å². The van der Waals surface area contributed by atoms with E-state index < -0.39 is 24.0 Å². The monoisotopic (exact) mass is 422 g/mol.